The number of carbonyl (C=O) groups is 2. The summed E-state index contributed by atoms with van der Waals surface area (Å²) >= 11 is 0. The summed E-state index contributed by atoms with van der Waals surface area (Å²) in [5, 5.41) is 0.584. The molecule has 148 valence electrons. The molecule has 7 nitrogen and oxygen atoms in total. The van der Waals surface area contributed by atoms with Crippen LogP contribution >= 0.6 is 0 Å². The van der Waals surface area contributed by atoms with E-state index in [0.29, 0.717) is 24.0 Å². The highest BCUT2D eigenvalue weighted by molar-refractivity contribution is 6.03. The maximum atomic E-state index is 12.5. The number of H-pyrrole nitrogens is 1. The van der Waals surface area contributed by atoms with Gasteiger partial charge in [-0.1, -0.05) is 36.4 Å². The number of rotatable bonds is 4. The van der Waals surface area contributed by atoms with Gasteiger partial charge in [0.15, 0.2) is 6.61 Å². The molecular weight excluding hydrogens is 370 g/mol. The van der Waals surface area contributed by atoms with Crippen LogP contribution in [0, 0.1) is 0 Å². The molecule has 1 aliphatic heterocycles. The summed E-state index contributed by atoms with van der Waals surface area (Å²) in [5.41, 5.74) is 1.45. The summed E-state index contributed by atoms with van der Waals surface area (Å²) in [6.45, 7) is 2.24. The predicted molar refractivity (Wildman–Crippen MR) is 110 cm³/mol. The molecule has 0 saturated carbocycles. The molecule has 1 N–H and O–H groups in total. The van der Waals surface area contributed by atoms with Crippen LogP contribution in [0.25, 0.3) is 10.9 Å². The van der Waals surface area contributed by atoms with Crippen LogP contribution in [0.1, 0.15) is 10.4 Å². The summed E-state index contributed by atoms with van der Waals surface area (Å²) in [5.74, 6) is -0.913. The first-order chi connectivity index (χ1) is 14.1. The lowest BCUT2D eigenvalue weighted by atomic mass is 10.1. The van der Waals surface area contributed by atoms with E-state index in [4.69, 9.17) is 4.74 Å². The Morgan fingerprint density at radius 3 is 2.38 bits per heavy atom. The van der Waals surface area contributed by atoms with Crippen LogP contribution in [0.4, 0.5) is 5.69 Å². The normalized spacial score (nSPS) is 14.1. The van der Waals surface area contributed by atoms with E-state index in [-0.39, 0.29) is 23.6 Å². The molecule has 4 rings (SSSR count). The second-order valence-electron chi connectivity index (χ2n) is 6.87. The number of benzene rings is 2. The zero-order valence-electron chi connectivity index (χ0n) is 15.8. The van der Waals surface area contributed by atoms with Gasteiger partial charge in [-0.3, -0.25) is 9.59 Å². The molecule has 0 aliphatic carbocycles. The largest absolute Gasteiger partial charge is 0.452 e. The quantitative estimate of drug-likeness (QED) is 0.688. The van der Waals surface area contributed by atoms with Crippen LogP contribution in [-0.2, 0) is 9.53 Å². The molecule has 2 aromatic carbocycles. The molecular formula is C22H21N3O4. The molecule has 1 aliphatic rings. The number of hydrogen-bond acceptors (Lipinski definition) is 5. The minimum absolute atomic E-state index is 0.158. The third kappa shape index (κ3) is 4.13. The standard InChI is InChI=1S/C22H21N3O4/c26-20-14-18(17-8-4-5-9-19(17)23-20)22(28)29-15-21(27)25-12-10-24(11-13-25)16-6-2-1-3-7-16/h1-9,14H,10-13,15H2,(H,23,26). The molecule has 0 radical (unpaired) electrons. The fourth-order valence-electron chi connectivity index (χ4n) is 3.52. The number of carbonyl (C=O) groups excluding carboxylic acids is 2. The molecule has 0 bridgehead atoms. The molecule has 7 heteroatoms. The Kier molecular flexibility index (Phi) is 5.29. The number of pyridine rings is 1. The average molecular weight is 391 g/mol. The Morgan fingerprint density at radius 1 is 0.931 bits per heavy atom. The number of para-hydroxylation sites is 2. The average Bonchev–Trinajstić information content (AvgIpc) is 2.77. The van der Waals surface area contributed by atoms with E-state index in [1.54, 1.807) is 29.2 Å². The maximum Gasteiger partial charge on any atom is 0.339 e. The third-order valence-electron chi connectivity index (χ3n) is 5.05. The summed E-state index contributed by atoms with van der Waals surface area (Å²) in [7, 11) is 0. The number of piperazine rings is 1. The van der Waals surface area contributed by atoms with Gasteiger partial charge in [-0.2, -0.15) is 0 Å². The smallest absolute Gasteiger partial charge is 0.339 e. The first-order valence-electron chi connectivity index (χ1n) is 9.49. The van der Waals surface area contributed by atoms with Crippen LogP contribution in [0.15, 0.2) is 65.5 Å². The number of aromatic nitrogens is 1. The van der Waals surface area contributed by atoms with E-state index >= 15 is 0 Å². The predicted octanol–water partition coefficient (Wildman–Crippen LogP) is 2.03. The molecule has 1 saturated heterocycles. The van der Waals surface area contributed by atoms with Crippen LogP contribution < -0.4 is 10.5 Å². The minimum atomic E-state index is -0.677. The lowest BCUT2D eigenvalue weighted by molar-refractivity contribution is -0.134. The summed E-state index contributed by atoms with van der Waals surface area (Å²) in [4.78, 5) is 43.3. The van der Waals surface area contributed by atoms with Gasteiger partial charge in [0, 0.05) is 48.8 Å². The fourth-order valence-corrected chi connectivity index (χ4v) is 3.52. The Balaban J connectivity index is 1.36. The first kappa shape index (κ1) is 18.7. The molecule has 0 unspecified atom stereocenters. The minimum Gasteiger partial charge on any atom is -0.452 e. The Bertz CT molecular complexity index is 1090. The monoisotopic (exact) mass is 391 g/mol. The number of nitrogens with zero attached hydrogens (tertiary/aromatic N) is 2. The fraction of sp³-hybridized carbons (Fsp3) is 0.227. The van der Waals surface area contributed by atoms with Crippen LogP contribution in [-0.4, -0.2) is 54.5 Å². The van der Waals surface area contributed by atoms with Gasteiger partial charge in [-0.25, -0.2) is 4.79 Å². The highest BCUT2D eigenvalue weighted by atomic mass is 16.5. The van der Waals surface area contributed by atoms with E-state index < -0.39 is 5.97 Å². The van der Waals surface area contributed by atoms with E-state index in [1.807, 2.05) is 30.3 Å². The Hall–Kier alpha value is -3.61. The van der Waals surface area contributed by atoms with Gasteiger partial charge in [0.05, 0.1) is 5.56 Å². The molecule has 2 heterocycles. The van der Waals surface area contributed by atoms with Gasteiger partial charge >= 0.3 is 5.97 Å². The van der Waals surface area contributed by atoms with Crippen molar-refractivity contribution in [1.29, 1.82) is 0 Å². The molecule has 0 spiro atoms. The number of nitrogens with one attached hydrogen (secondary N) is 1. The molecule has 3 aromatic rings. The number of hydrogen-bond donors (Lipinski definition) is 1. The van der Waals surface area contributed by atoms with Crippen molar-refractivity contribution >= 4 is 28.5 Å². The van der Waals surface area contributed by atoms with Crippen molar-refractivity contribution in [1.82, 2.24) is 9.88 Å². The number of amides is 1. The zero-order valence-corrected chi connectivity index (χ0v) is 15.8. The van der Waals surface area contributed by atoms with Crippen molar-refractivity contribution in [2.75, 3.05) is 37.7 Å². The highest BCUT2D eigenvalue weighted by Gasteiger charge is 2.23. The van der Waals surface area contributed by atoms with Gasteiger partial charge in [0.2, 0.25) is 5.56 Å². The number of aromatic amines is 1. The van der Waals surface area contributed by atoms with Crippen LogP contribution in [0.2, 0.25) is 0 Å². The molecule has 1 aromatic heterocycles. The lowest BCUT2D eigenvalue weighted by Crippen LogP contribution is -2.49. The van der Waals surface area contributed by atoms with E-state index in [2.05, 4.69) is 9.88 Å². The first-order valence-corrected chi connectivity index (χ1v) is 9.49. The maximum absolute atomic E-state index is 12.5. The second kappa shape index (κ2) is 8.18. The highest BCUT2D eigenvalue weighted by Crippen LogP contribution is 2.17. The van der Waals surface area contributed by atoms with Gasteiger partial charge in [0.25, 0.3) is 5.91 Å². The van der Waals surface area contributed by atoms with Crippen molar-refractivity contribution in [2.45, 2.75) is 0 Å². The number of esters is 1. The van der Waals surface area contributed by atoms with Crippen molar-refractivity contribution in [3.63, 3.8) is 0 Å². The second-order valence-corrected chi connectivity index (χ2v) is 6.87. The topological polar surface area (TPSA) is 82.7 Å². The van der Waals surface area contributed by atoms with Gasteiger partial charge in [-0.15, -0.1) is 0 Å². The van der Waals surface area contributed by atoms with Crippen molar-refractivity contribution in [2.24, 2.45) is 0 Å². The SMILES string of the molecule is O=C(OCC(=O)N1CCN(c2ccccc2)CC1)c1cc(=O)[nH]c2ccccc12. The zero-order chi connectivity index (χ0) is 20.2. The molecule has 0 atom stereocenters. The summed E-state index contributed by atoms with van der Waals surface area (Å²) in [6, 6.07) is 18.2. The Labute approximate surface area is 167 Å². The van der Waals surface area contributed by atoms with Crippen molar-refractivity contribution < 1.29 is 14.3 Å². The van der Waals surface area contributed by atoms with Crippen molar-refractivity contribution in [3.05, 3.63) is 76.6 Å². The van der Waals surface area contributed by atoms with E-state index in [9.17, 15) is 14.4 Å². The van der Waals surface area contributed by atoms with E-state index in [0.717, 1.165) is 18.8 Å². The van der Waals surface area contributed by atoms with Gasteiger partial charge < -0.3 is 19.5 Å². The molecule has 29 heavy (non-hydrogen) atoms. The Morgan fingerprint density at radius 2 is 1.62 bits per heavy atom. The van der Waals surface area contributed by atoms with Gasteiger partial charge in [0.1, 0.15) is 0 Å². The molecule has 1 amide bonds. The number of anilines is 1. The molecule has 1 fully saturated rings. The number of ether oxygens (including phenoxy) is 1. The summed E-state index contributed by atoms with van der Waals surface area (Å²) in [6.07, 6.45) is 0. The third-order valence-corrected chi connectivity index (χ3v) is 5.05. The van der Waals surface area contributed by atoms with Crippen molar-refractivity contribution in [3.8, 4) is 0 Å². The number of fused-ring (bicyclic) bond motifs is 1. The van der Waals surface area contributed by atoms with Crippen LogP contribution in [0.3, 0.4) is 0 Å². The van der Waals surface area contributed by atoms with Gasteiger partial charge in [-0.05, 0) is 18.2 Å². The lowest BCUT2D eigenvalue weighted by Gasteiger charge is -2.36. The summed E-state index contributed by atoms with van der Waals surface area (Å²) < 4.78 is 5.22. The van der Waals surface area contributed by atoms with Crippen LogP contribution in [0.5, 0.6) is 0 Å². The van der Waals surface area contributed by atoms with E-state index in [1.165, 1.54) is 6.07 Å².